The summed E-state index contributed by atoms with van der Waals surface area (Å²) in [6, 6.07) is 20.8. The number of benzene rings is 2. The van der Waals surface area contributed by atoms with Gasteiger partial charge in [0.2, 0.25) is 0 Å². The van der Waals surface area contributed by atoms with Crippen LogP contribution in [0.4, 0.5) is 0 Å². The molecule has 0 aliphatic heterocycles. The van der Waals surface area contributed by atoms with E-state index in [-0.39, 0.29) is 12.6 Å². The predicted molar refractivity (Wildman–Crippen MR) is 118 cm³/mol. The third-order valence-electron chi connectivity index (χ3n) is 6.06. The standard InChI is InChI=1S/C25H26N4O/c30-17-20-8-2-1-7-19(20)15-29(16-24-27-21-11-3-4-12-22(21)28-24)23-13-5-9-18-10-6-14-26-25(18)23/h1-4,6-8,10-12,14,23,30H,5,9,13,15-17H2,(H,27,28). The molecule has 4 aromatic rings. The van der Waals surface area contributed by atoms with Crippen LogP contribution in [0.5, 0.6) is 0 Å². The molecule has 2 N–H and O–H groups in total. The van der Waals surface area contributed by atoms with Gasteiger partial charge in [-0.1, -0.05) is 42.5 Å². The number of rotatable bonds is 6. The molecule has 1 aliphatic rings. The molecule has 0 spiro atoms. The molecule has 1 atom stereocenters. The third-order valence-corrected chi connectivity index (χ3v) is 6.06. The summed E-state index contributed by atoms with van der Waals surface area (Å²) >= 11 is 0. The number of H-pyrrole nitrogens is 1. The first-order valence-corrected chi connectivity index (χ1v) is 10.6. The Morgan fingerprint density at radius 1 is 0.967 bits per heavy atom. The topological polar surface area (TPSA) is 65.0 Å². The quantitative estimate of drug-likeness (QED) is 0.501. The van der Waals surface area contributed by atoms with Gasteiger partial charge in [-0.2, -0.15) is 0 Å². The Balaban J connectivity index is 1.52. The average molecular weight is 399 g/mol. The Hall–Kier alpha value is -3.02. The fourth-order valence-corrected chi connectivity index (χ4v) is 4.57. The zero-order valence-electron chi connectivity index (χ0n) is 17.0. The number of aromatic nitrogens is 3. The number of hydrogen-bond donors (Lipinski definition) is 2. The van der Waals surface area contributed by atoms with Crippen molar-refractivity contribution in [2.24, 2.45) is 0 Å². The lowest BCUT2D eigenvalue weighted by molar-refractivity contribution is 0.152. The van der Waals surface area contributed by atoms with Gasteiger partial charge in [0, 0.05) is 12.7 Å². The lowest BCUT2D eigenvalue weighted by Gasteiger charge is -2.35. The highest BCUT2D eigenvalue weighted by Gasteiger charge is 2.28. The molecule has 152 valence electrons. The monoisotopic (exact) mass is 398 g/mol. The van der Waals surface area contributed by atoms with Crippen LogP contribution in [-0.2, 0) is 26.1 Å². The van der Waals surface area contributed by atoms with Crippen molar-refractivity contribution in [2.75, 3.05) is 0 Å². The van der Waals surface area contributed by atoms with E-state index < -0.39 is 0 Å². The summed E-state index contributed by atoms with van der Waals surface area (Å²) in [5, 5.41) is 9.84. The van der Waals surface area contributed by atoms with Gasteiger partial charge >= 0.3 is 0 Å². The number of aliphatic hydroxyl groups is 1. The van der Waals surface area contributed by atoms with E-state index in [0.29, 0.717) is 6.54 Å². The van der Waals surface area contributed by atoms with Crippen molar-refractivity contribution in [3.05, 3.63) is 95.1 Å². The number of para-hydroxylation sites is 2. The van der Waals surface area contributed by atoms with Crippen LogP contribution in [0.3, 0.4) is 0 Å². The molecular formula is C25H26N4O. The number of hydrogen-bond acceptors (Lipinski definition) is 4. The zero-order chi connectivity index (χ0) is 20.3. The van der Waals surface area contributed by atoms with Gasteiger partial charge in [0.25, 0.3) is 0 Å². The van der Waals surface area contributed by atoms with Gasteiger partial charge in [-0.3, -0.25) is 9.88 Å². The molecule has 30 heavy (non-hydrogen) atoms. The van der Waals surface area contributed by atoms with E-state index in [9.17, 15) is 5.11 Å². The second kappa shape index (κ2) is 8.38. The van der Waals surface area contributed by atoms with Gasteiger partial charge in [0.05, 0.1) is 35.9 Å². The van der Waals surface area contributed by atoms with Crippen LogP contribution in [0.1, 0.15) is 47.1 Å². The minimum absolute atomic E-state index is 0.0498. The van der Waals surface area contributed by atoms with Crippen molar-refractivity contribution in [3.63, 3.8) is 0 Å². The van der Waals surface area contributed by atoms with Gasteiger partial charge in [0.15, 0.2) is 0 Å². The molecular weight excluding hydrogens is 372 g/mol. The van der Waals surface area contributed by atoms with Crippen molar-refractivity contribution in [3.8, 4) is 0 Å². The number of imidazole rings is 1. The third kappa shape index (κ3) is 3.74. The molecule has 0 saturated carbocycles. The maximum Gasteiger partial charge on any atom is 0.121 e. The van der Waals surface area contributed by atoms with E-state index in [2.05, 4.69) is 28.1 Å². The maximum atomic E-state index is 9.84. The van der Waals surface area contributed by atoms with Crippen LogP contribution in [0.25, 0.3) is 11.0 Å². The Bertz CT molecular complexity index is 1120. The second-order valence-corrected chi connectivity index (χ2v) is 7.99. The highest BCUT2D eigenvalue weighted by molar-refractivity contribution is 5.74. The summed E-state index contributed by atoms with van der Waals surface area (Å²) in [4.78, 5) is 15.5. The van der Waals surface area contributed by atoms with Gasteiger partial charge in [-0.15, -0.1) is 0 Å². The number of aliphatic hydroxyl groups excluding tert-OH is 1. The number of aromatic amines is 1. The number of nitrogens with one attached hydrogen (secondary N) is 1. The van der Waals surface area contributed by atoms with Crippen LogP contribution in [0.15, 0.2) is 66.9 Å². The Labute approximate surface area is 176 Å². The van der Waals surface area contributed by atoms with Crippen molar-refractivity contribution in [1.82, 2.24) is 19.9 Å². The molecule has 5 heteroatoms. The molecule has 2 aromatic heterocycles. The summed E-state index contributed by atoms with van der Waals surface area (Å²) in [5.74, 6) is 0.959. The Morgan fingerprint density at radius 3 is 2.67 bits per heavy atom. The van der Waals surface area contributed by atoms with Gasteiger partial charge in [-0.25, -0.2) is 4.98 Å². The molecule has 0 saturated heterocycles. The fraction of sp³-hybridized carbons (Fsp3) is 0.280. The summed E-state index contributed by atoms with van der Waals surface area (Å²) < 4.78 is 0. The first kappa shape index (κ1) is 19.0. The summed E-state index contributed by atoms with van der Waals surface area (Å²) in [5.41, 5.74) is 6.71. The van der Waals surface area contributed by atoms with E-state index in [1.165, 1.54) is 11.3 Å². The minimum atomic E-state index is 0.0498. The molecule has 0 fully saturated rings. The second-order valence-electron chi connectivity index (χ2n) is 7.99. The van der Waals surface area contributed by atoms with E-state index >= 15 is 0 Å². The number of aryl methyl sites for hydroxylation is 1. The largest absolute Gasteiger partial charge is 0.392 e. The number of pyridine rings is 1. The molecule has 2 heterocycles. The normalized spacial score (nSPS) is 16.1. The minimum Gasteiger partial charge on any atom is -0.392 e. The van der Waals surface area contributed by atoms with Gasteiger partial charge in [-0.05, 0) is 54.2 Å². The molecule has 5 nitrogen and oxygen atoms in total. The molecule has 1 aliphatic carbocycles. The van der Waals surface area contributed by atoms with Crippen molar-refractivity contribution in [2.45, 2.75) is 45.0 Å². The Kier molecular flexibility index (Phi) is 5.30. The summed E-state index contributed by atoms with van der Waals surface area (Å²) in [7, 11) is 0. The molecule has 1 unspecified atom stereocenters. The average Bonchev–Trinajstić information content (AvgIpc) is 3.21. The van der Waals surface area contributed by atoms with Crippen LogP contribution >= 0.6 is 0 Å². The van der Waals surface area contributed by atoms with Crippen LogP contribution in [-0.4, -0.2) is 25.0 Å². The zero-order valence-corrected chi connectivity index (χ0v) is 17.0. The number of nitrogens with zero attached hydrogens (tertiary/aromatic N) is 3. The smallest absolute Gasteiger partial charge is 0.121 e. The first-order valence-electron chi connectivity index (χ1n) is 10.6. The van der Waals surface area contributed by atoms with Gasteiger partial charge in [0.1, 0.15) is 5.82 Å². The summed E-state index contributed by atoms with van der Waals surface area (Å²) in [6.45, 7) is 1.50. The molecule has 5 rings (SSSR count). The van der Waals surface area contributed by atoms with Crippen LogP contribution in [0.2, 0.25) is 0 Å². The molecule has 2 aromatic carbocycles. The van der Waals surface area contributed by atoms with E-state index in [4.69, 9.17) is 9.97 Å². The SMILES string of the molecule is OCc1ccccc1CN(Cc1nc2ccccc2[nH]1)C1CCCc2cccnc21. The van der Waals surface area contributed by atoms with E-state index in [1.807, 2.05) is 48.7 Å². The van der Waals surface area contributed by atoms with Crippen molar-refractivity contribution in [1.29, 1.82) is 0 Å². The predicted octanol–water partition coefficient (Wildman–Crippen LogP) is 4.53. The van der Waals surface area contributed by atoms with Crippen LogP contribution in [0, 0.1) is 0 Å². The maximum absolute atomic E-state index is 9.84. The fourth-order valence-electron chi connectivity index (χ4n) is 4.57. The Morgan fingerprint density at radius 2 is 1.80 bits per heavy atom. The highest BCUT2D eigenvalue weighted by Crippen LogP contribution is 2.35. The first-order chi connectivity index (χ1) is 14.8. The van der Waals surface area contributed by atoms with Crippen LogP contribution < -0.4 is 0 Å². The molecule has 0 radical (unpaired) electrons. The lowest BCUT2D eigenvalue weighted by atomic mass is 9.90. The summed E-state index contributed by atoms with van der Waals surface area (Å²) in [6.07, 6.45) is 5.22. The lowest BCUT2D eigenvalue weighted by Crippen LogP contribution is -2.32. The van der Waals surface area contributed by atoms with Crippen molar-refractivity contribution >= 4 is 11.0 Å². The molecule has 0 bridgehead atoms. The van der Waals surface area contributed by atoms with E-state index in [1.54, 1.807) is 0 Å². The van der Waals surface area contributed by atoms with Crippen molar-refractivity contribution < 1.29 is 5.11 Å². The van der Waals surface area contributed by atoms with Gasteiger partial charge < -0.3 is 10.1 Å². The highest BCUT2D eigenvalue weighted by atomic mass is 16.3. The van der Waals surface area contributed by atoms with E-state index in [0.717, 1.165) is 53.8 Å². The molecule has 0 amide bonds. The number of fused-ring (bicyclic) bond motifs is 2.